The number of amides is 1. The van der Waals surface area contributed by atoms with E-state index in [-0.39, 0.29) is 41.7 Å². The molecule has 118 valence electrons. The van der Waals surface area contributed by atoms with Gasteiger partial charge in [0.05, 0.1) is 12.2 Å². The Morgan fingerprint density at radius 1 is 1.52 bits per heavy atom. The van der Waals surface area contributed by atoms with Crippen LogP contribution >= 0.6 is 12.4 Å². The summed E-state index contributed by atoms with van der Waals surface area (Å²) in [7, 11) is 0. The number of para-hydroxylation sites is 1. The average Bonchev–Trinajstić information content (AvgIpc) is 2.43. The first-order valence-corrected chi connectivity index (χ1v) is 7.09. The van der Waals surface area contributed by atoms with Gasteiger partial charge in [-0.1, -0.05) is 6.07 Å². The fourth-order valence-electron chi connectivity index (χ4n) is 2.47. The Morgan fingerprint density at radius 2 is 2.29 bits per heavy atom. The number of hydrogen-bond donors (Lipinski definition) is 2. The predicted molar refractivity (Wildman–Crippen MR) is 82.8 cm³/mol. The molecule has 0 aromatic heterocycles. The molecule has 2 unspecified atom stereocenters. The minimum Gasteiger partial charge on any atom is -0.490 e. The fourth-order valence-corrected chi connectivity index (χ4v) is 2.47. The van der Waals surface area contributed by atoms with Crippen LogP contribution in [0.1, 0.15) is 37.0 Å². The van der Waals surface area contributed by atoms with Gasteiger partial charge in [0.2, 0.25) is 0 Å². The highest BCUT2D eigenvalue weighted by Gasteiger charge is 2.24. The van der Waals surface area contributed by atoms with Crippen molar-refractivity contribution in [3.8, 4) is 5.75 Å². The number of halogens is 2. The summed E-state index contributed by atoms with van der Waals surface area (Å²) in [5.41, 5.74) is 0.254. The topological polar surface area (TPSA) is 50.4 Å². The Kier molecular flexibility index (Phi) is 6.92. The highest BCUT2D eigenvalue weighted by molar-refractivity contribution is 5.97. The second-order valence-corrected chi connectivity index (χ2v) is 5.01. The van der Waals surface area contributed by atoms with Gasteiger partial charge in [-0.05, 0) is 45.4 Å². The van der Waals surface area contributed by atoms with Gasteiger partial charge in [-0.2, -0.15) is 0 Å². The molecule has 2 rings (SSSR count). The first kappa shape index (κ1) is 17.7. The molecule has 0 saturated carbocycles. The second-order valence-electron chi connectivity index (χ2n) is 5.01. The van der Waals surface area contributed by atoms with Crippen LogP contribution in [0.3, 0.4) is 0 Å². The van der Waals surface area contributed by atoms with Crippen molar-refractivity contribution in [3.05, 3.63) is 29.6 Å². The highest BCUT2D eigenvalue weighted by Crippen LogP contribution is 2.23. The molecule has 1 saturated heterocycles. The van der Waals surface area contributed by atoms with E-state index in [4.69, 9.17) is 4.74 Å². The number of carbonyl (C=O) groups excluding carboxylic acids is 1. The predicted octanol–water partition coefficient (Wildman–Crippen LogP) is 2.52. The molecule has 0 spiro atoms. The third kappa shape index (κ3) is 4.32. The molecule has 1 amide bonds. The number of carbonyl (C=O) groups is 1. The van der Waals surface area contributed by atoms with Crippen molar-refractivity contribution in [2.75, 3.05) is 13.2 Å². The lowest BCUT2D eigenvalue weighted by atomic mass is 9.99. The molecule has 0 bridgehead atoms. The van der Waals surface area contributed by atoms with Crippen molar-refractivity contribution < 1.29 is 13.9 Å². The number of hydrogen-bond acceptors (Lipinski definition) is 3. The van der Waals surface area contributed by atoms with Crippen molar-refractivity contribution in [2.45, 2.75) is 38.8 Å². The summed E-state index contributed by atoms with van der Waals surface area (Å²) in [4.78, 5) is 12.3. The molecule has 1 aromatic rings. The summed E-state index contributed by atoms with van der Waals surface area (Å²) in [5.74, 6) is -0.758. The number of nitrogens with one attached hydrogen (secondary N) is 2. The molecule has 21 heavy (non-hydrogen) atoms. The van der Waals surface area contributed by atoms with E-state index < -0.39 is 5.82 Å². The minimum absolute atomic E-state index is 0. The molecule has 1 heterocycles. The van der Waals surface area contributed by atoms with Crippen LogP contribution in [0.25, 0.3) is 0 Å². The smallest absolute Gasteiger partial charge is 0.255 e. The molecular weight excluding hydrogens is 295 g/mol. The lowest BCUT2D eigenvalue weighted by molar-refractivity contribution is 0.0915. The maximum atomic E-state index is 13.7. The summed E-state index contributed by atoms with van der Waals surface area (Å²) in [6.07, 6.45) is 1.95. The van der Waals surface area contributed by atoms with Crippen LogP contribution < -0.4 is 15.4 Å². The van der Waals surface area contributed by atoms with Gasteiger partial charge in [0, 0.05) is 12.1 Å². The van der Waals surface area contributed by atoms with E-state index in [9.17, 15) is 9.18 Å². The number of benzene rings is 1. The van der Waals surface area contributed by atoms with Crippen molar-refractivity contribution in [1.29, 1.82) is 0 Å². The Balaban J connectivity index is 0.00000220. The zero-order valence-electron chi connectivity index (χ0n) is 12.3. The van der Waals surface area contributed by atoms with Crippen LogP contribution in [0.15, 0.2) is 18.2 Å². The van der Waals surface area contributed by atoms with Crippen LogP contribution in [0.5, 0.6) is 5.75 Å². The molecule has 1 aliphatic heterocycles. The maximum absolute atomic E-state index is 13.7. The van der Waals surface area contributed by atoms with E-state index in [1.807, 2.05) is 6.92 Å². The van der Waals surface area contributed by atoms with Crippen LogP contribution in [0, 0.1) is 5.82 Å². The number of rotatable bonds is 4. The Hall–Kier alpha value is -1.33. The van der Waals surface area contributed by atoms with Crippen LogP contribution in [-0.2, 0) is 0 Å². The van der Waals surface area contributed by atoms with Crippen molar-refractivity contribution >= 4 is 18.3 Å². The van der Waals surface area contributed by atoms with Crippen molar-refractivity contribution in [1.82, 2.24) is 10.6 Å². The Labute approximate surface area is 130 Å². The van der Waals surface area contributed by atoms with E-state index in [1.54, 1.807) is 13.0 Å². The van der Waals surface area contributed by atoms with E-state index in [0.29, 0.717) is 6.61 Å². The van der Waals surface area contributed by atoms with Gasteiger partial charge in [-0.25, -0.2) is 4.39 Å². The third-order valence-corrected chi connectivity index (χ3v) is 3.58. The summed E-state index contributed by atoms with van der Waals surface area (Å²) >= 11 is 0. The van der Waals surface area contributed by atoms with E-state index in [0.717, 1.165) is 19.4 Å². The average molecular weight is 317 g/mol. The largest absolute Gasteiger partial charge is 0.490 e. The SMILES string of the molecule is CCOc1c(F)cccc1C(=O)NC1CCCNC1C.Cl. The van der Waals surface area contributed by atoms with Gasteiger partial charge < -0.3 is 15.4 Å². The normalized spacial score (nSPS) is 21.3. The summed E-state index contributed by atoms with van der Waals surface area (Å²) in [6, 6.07) is 4.69. The van der Waals surface area contributed by atoms with Gasteiger partial charge in [0.25, 0.3) is 5.91 Å². The lowest BCUT2D eigenvalue weighted by Gasteiger charge is -2.30. The summed E-state index contributed by atoms with van der Waals surface area (Å²) in [6.45, 7) is 5.10. The molecule has 0 radical (unpaired) electrons. The first-order valence-electron chi connectivity index (χ1n) is 7.09. The first-order chi connectivity index (χ1) is 9.63. The zero-order valence-corrected chi connectivity index (χ0v) is 13.1. The van der Waals surface area contributed by atoms with Crippen molar-refractivity contribution in [3.63, 3.8) is 0 Å². The molecule has 2 atom stereocenters. The molecule has 0 aliphatic carbocycles. The maximum Gasteiger partial charge on any atom is 0.255 e. The minimum atomic E-state index is -0.505. The van der Waals surface area contributed by atoms with Crippen LogP contribution in [0.4, 0.5) is 4.39 Å². The van der Waals surface area contributed by atoms with Gasteiger partial charge in [-0.3, -0.25) is 4.79 Å². The Bertz CT molecular complexity index is 485. The van der Waals surface area contributed by atoms with Crippen LogP contribution in [0.2, 0.25) is 0 Å². The molecule has 2 N–H and O–H groups in total. The van der Waals surface area contributed by atoms with Gasteiger partial charge in [-0.15, -0.1) is 12.4 Å². The molecular formula is C15H22ClFN2O2. The molecule has 1 aliphatic rings. The molecule has 1 fully saturated rings. The van der Waals surface area contributed by atoms with Gasteiger partial charge >= 0.3 is 0 Å². The molecule has 6 heteroatoms. The van der Waals surface area contributed by atoms with Gasteiger partial charge in [0.15, 0.2) is 11.6 Å². The standard InChI is InChI=1S/C15H21FN2O2.ClH/c1-3-20-14-11(6-4-7-12(14)16)15(19)18-13-8-5-9-17-10(13)2;/h4,6-7,10,13,17H,3,5,8-9H2,1-2H3,(H,18,19);1H. The van der Waals surface area contributed by atoms with Crippen LogP contribution in [-0.4, -0.2) is 31.1 Å². The summed E-state index contributed by atoms with van der Waals surface area (Å²) in [5, 5.41) is 6.28. The monoisotopic (exact) mass is 316 g/mol. The number of ether oxygens (including phenoxy) is 1. The van der Waals surface area contributed by atoms with Gasteiger partial charge in [0.1, 0.15) is 0 Å². The number of piperidine rings is 1. The van der Waals surface area contributed by atoms with Crippen molar-refractivity contribution in [2.24, 2.45) is 0 Å². The zero-order chi connectivity index (χ0) is 14.5. The fraction of sp³-hybridized carbons (Fsp3) is 0.533. The second kappa shape index (κ2) is 8.20. The highest BCUT2D eigenvalue weighted by atomic mass is 35.5. The molecule has 4 nitrogen and oxygen atoms in total. The summed E-state index contributed by atoms with van der Waals surface area (Å²) < 4.78 is 19.0. The Morgan fingerprint density at radius 3 is 2.95 bits per heavy atom. The van der Waals surface area contributed by atoms with E-state index in [1.165, 1.54) is 12.1 Å². The van der Waals surface area contributed by atoms with E-state index in [2.05, 4.69) is 10.6 Å². The molecule has 1 aromatic carbocycles. The quantitative estimate of drug-likeness (QED) is 0.897. The third-order valence-electron chi connectivity index (χ3n) is 3.58. The lowest BCUT2D eigenvalue weighted by Crippen LogP contribution is -2.51. The van der Waals surface area contributed by atoms with E-state index >= 15 is 0 Å².